The maximum Gasteiger partial charge on any atom is 0.255 e. The van der Waals surface area contributed by atoms with E-state index in [1.165, 1.54) is 12.1 Å². The first kappa shape index (κ1) is 15.5. The average Bonchev–Trinajstić information content (AvgIpc) is 2.48. The zero-order valence-electron chi connectivity index (χ0n) is 11.6. The SMILES string of the molecule is CCCNc1ccc(C(=O)Nc2ccc(Br)cc2F)cc1. The molecule has 2 aromatic rings. The van der Waals surface area contributed by atoms with Crippen LogP contribution in [0, 0.1) is 5.82 Å². The lowest BCUT2D eigenvalue weighted by Crippen LogP contribution is -2.13. The molecule has 0 unspecified atom stereocenters. The molecule has 0 spiro atoms. The first-order valence-electron chi connectivity index (χ1n) is 6.70. The van der Waals surface area contributed by atoms with Crippen molar-refractivity contribution in [2.75, 3.05) is 17.2 Å². The third-order valence-corrected chi connectivity index (χ3v) is 3.40. The first-order valence-corrected chi connectivity index (χ1v) is 7.50. The highest BCUT2D eigenvalue weighted by atomic mass is 79.9. The van der Waals surface area contributed by atoms with E-state index in [0.29, 0.717) is 10.0 Å². The van der Waals surface area contributed by atoms with Crippen molar-refractivity contribution < 1.29 is 9.18 Å². The Morgan fingerprint density at radius 2 is 1.90 bits per heavy atom. The summed E-state index contributed by atoms with van der Waals surface area (Å²) in [6.45, 7) is 2.97. The van der Waals surface area contributed by atoms with Crippen LogP contribution in [0.4, 0.5) is 15.8 Å². The molecule has 0 fully saturated rings. The van der Waals surface area contributed by atoms with Crippen LogP contribution in [-0.4, -0.2) is 12.5 Å². The van der Waals surface area contributed by atoms with Crippen molar-refractivity contribution in [3.8, 4) is 0 Å². The van der Waals surface area contributed by atoms with Gasteiger partial charge in [-0.25, -0.2) is 4.39 Å². The molecule has 0 heterocycles. The summed E-state index contributed by atoms with van der Waals surface area (Å²) in [7, 11) is 0. The molecule has 110 valence electrons. The van der Waals surface area contributed by atoms with Crippen LogP contribution in [0.5, 0.6) is 0 Å². The van der Waals surface area contributed by atoms with E-state index in [4.69, 9.17) is 0 Å². The Morgan fingerprint density at radius 3 is 2.52 bits per heavy atom. The second kappa shape index (κ2) is 7.22. The number of hydrogen-bond donors (Lipinski definition) is 2. The van der Waals surface area contributed by atoms with Crippen molar-refractivity contribution in [3.05, 3.63) is 58.3 Å². The third-order valence-electron chi connectivity index (χ3n) is 2.91. The van der Waals surface area contributed by atoms with Crippen molar-refractivity contribution in [2.45, 2.75) is 13.3 Å². The molecule has 0 saturated heterocycles. The topological polar surface area (TPSA) is 41.1 Å². The highest BCUT2D eigenvalue weighted by Crippen LogP contribution is 2.20. The van der Waals surface area contributed by atoms with Gasteiger partial charge in [-0.3, -0.25) is 4.79 Å². The predicted molar refractivity (Wildman–Crippen MR) is 87.3 cm³/mol. The molecule has 0 radical (unpaired) electrons. The van der Waals surface area contributed by atoms with Gasteiger partial charge in [0.2, 0.25) is 0 Å². The predicted octanol–water partition coefficient (Wildman–Crippen LogP) is 4.66. The number of anilines is 2. The van der Waals surface area contributed by atoms with Crippen molar-refractivity contribution in [3.63, 3.8) is 0 Å². The summed E-state index contributed by atoms with van der Waals surface area (Å²) in [5.74, 6) is -0.808. The van der Waals surface area contributed by atoms with Gasteiger partial charge >= 0.3 is 0 Å². The van der Waals surface area contributed by atoms with E-state index < -0.39 is 5.82 Å². The van der Waals surface area contributed by atoms with Crippen molar-refractivity contribution in [1.82, 2.24) is 0 Å². The van der Waals surface area contributed by atoms with E-state index in [1.807, 2.05) is 12.1 Å². The molecular weight excluding hydrogens is 335 g/mol. The maximum atomic E-state index is 13.7. The number of rotatable bonds is 5. The first-order chi connectivity index (χ1) is 10.1. The number of nitrogens with one attached hydrogen (secondary N) is 2. The molecule has 0 saturated carbocycles. The summed E-state index contributed by atoms with van der Waals surface area (Å²) in [5.41, 5.74) is 1.61. The lowest BCUT2D eigenvalue weighted by molar-refractivity contribution is 0.102. The molecule has 3 nitrogen and oxygen atoms in total. The normalized spacial score (nSPS) is 10.2. The highest BCUT2D eigenvalue weighted by Gasteiger charge is 2.09. The minimum absolute atomic E-state index is 0.163. The van der Waals surface area contributed by atoms with Gasteiger partial charge in [0.25, 0.3) is 5.91 Å². The van der Waals surface area contributed by atoms with Crippen molar-refractivity contribution in [2.24, 2.45) is 0 Å². The molecule has 5 heteroatoms. The van der Waals surface area contributed by atoms with E-state index in [1.54, 1.807) is 18.2 Å². The van der Waals surface area contributed by atoms with Crippen LogP contribution in [0.1, 0.15) is 23.7 Å². The Kier molecular flexibility index (Phi) is 5.33. The van der Waals surface area contributed by atoms with Crippen LogP contribution in [0.2, 0.25) is 0 Å². The number of benzene rings is 2. The van der Waals surface area contributed by atoms with E-state index >= 15 is 0 Å². The van der Waals surface area contributed by atoms with Gasteiger partial charge < -0.3 is 10.6 Å². The number of carbonyl (C=O) groups is 1. The lowest BCUT2D eigenvalue weighted by atomic mass is 10.2. The van der Waals surface area contributed by atoms with Gasteiger partial charge in [-0.05, 0) is 48.9 Å². The summed E-state index contributed by atoms with van der Waals surface area (Å²) < 4.78 is 14.3. The fourth-order valence-corrected chi connectivity index (χ4v) is 2.13. The molecule has 0 bridgehead atoms. The molecule has 0 aliphatic heterocycles. The smallest absolute Gasteiger partial charge is 0.255 e. The lowest BCUT2D eigenvalue weighted by Gasteiger charge is -2.08. The van der Waals surface area contributed by atoms with E-state index in [2.05, 4.69) is 33.5 Å². The van der Waals surface area contributed by atoms with Gasteiger partial charge in [-0.15, -0.1) is 0 Å². The van der Waals surface area contributed by atoms with E-state index in [0.717, 1.165) is 18.7 Å². The summed E-state index contributed by atoms with van der Waals surface area (Å²) in [6, 6.07) is 11.6. The van der Waals surface area contributed by atoms with Crippen LogP contribution >= 0.6 is 15.9 Å². The van der Waals surface area contributed by atoms with Gasteiger partial charge in [0.05, 0.1) is 5.69 Å². The zero-order valence-corrected chi connectivity index (χ0v) is 13.2. The number of halogens is 2. The van der Waals surface area contributed by atoms with E-state index in [9.17, 15) is 9.18 Å². The fourth-order valence-electron chi connectivity index (χ4n) is 1.79. The van der Waals surface area contributed by atoms with Crippen LogP contribution in [0.3, 0.4) is 0 Å². The summed E-state index contributed by atoms with van der Waals surface area (Å²) >= 11 is 3.18. The van der Waals surface area contributed by atoms with Gasteiger partial charge in [0, 0.05) is 22.3 Å². The van der Waals surface area contributed by atoms with Gasteiger partial charge in [0.1, 0.15) is 5.82 Å². The largest absolute Gasteiger partial charge is 0.385 e. The molecule has 0 aliphatic rings. The number of amides is 1. The molecule has 21 heavy (non-hydrogen) atoms. The molecule has 2 rings (SSSR count). The summed E-state index contributed by atoms with van der Waals surface area (Å²) in [6.07, 6.45) is 1.03. The van der Waals surface area contributed by atoms with Crippen LogP contribution in [0.25, 0.3) is 0 Å². The van der Waals surface area contributed by atoms with Crippen LogP contribution in [-0.2, 0) is 0 Å². The quantitative estimate of drug-likeness (QED) is 0.823. The molecule has 2 aromatic carbocycles. The number of hydrogen-bond acceptors (Lipinski definition) is 2. The summed E-state index contributed by atoms with van der Waals surface area (Å²) in [5, 5.41) is 5.79. The fraction of sp³-hybridized carbons (Fsp3) is 0.188. The van der Waals surface area contributed by atoms with Crippen LogP contribution in [0.15, 0.2) is 46.9 Å². The second-order valence-corrected chi connectivity index (χ2v) is 5.50. The minimum atomic E-state index is -0.473. The Morgan fingerprint density at radius 1 is 1.19 bits per heavy atom. The van der Waals surface area contributed by atoms with Crippen LogP contribution < -0.4 is 10.6 Å². The number of carbonyl (C=O) groups excluding carboxylic acids is 1. The average molecular weight is 351 g/mol. The Bertz CT molecular complexity index is 629. The summed E-state index contributed by atoms with van der Waals surface area (Å²) in [4.78, 5) is 12.1. The monoisotopic (exact) mass is 350 g/mol. The molecule has 0 aliphatic carbocycles. The zero-order chi connectivity index (χ0) is 15.2. The Balaban J connectivity index is 2.06. The Labute approximate surface area is 131 Å². The maximum absolute atomic E-state index is 13.7. The highest BCUT2D eigenvalue weighted by molar-refractivity contribution is 9.10. The standard InChI is InChI=1S/C16H16BrFN2O/c1-2-9-19-13-6-3-11(4-7-13)16(21)20-15-8-5-12(17)10-14(15)18/h3-8,10,19H,2,9H2,1H3,(H,20,21). The molecular formula is C16H16BrFN2O. The second-order valence-electron chi connectivity index (χ2n) is 4.58. The van der Waals surface area contributed by atoms with Gasteiger partial charge in [-0.1, -0.05) is 22.9 Å². The molecule has 1 amide bonds. The van der Waals surface area contributed by atoms with Gasteiger partial charge in [0.15, 0.2) is 0 Å². The van der Waals surface area contributed by atoms with Crippen molar-refractivity contribution in [1.29, 1.82) is 0 Å². The van der Waals surface area contributed by atoms with E-state index in [-0.39, 0.29) is 11.6 Å². The molecule has 2 N–H and O–H groups in total. The minimum Gasteiger partial charge on any atom is -0.385 e. The molecule has 0 atom stereocenters. The third kappa shape index (κ3) is 4.29. The van der Waals surface area contributed by atoms with Gasteiger partial charge in [-0.2, -0.15) is 0 Å². The Hall–Kier alpha value is -1.88. The van der Waals surface area contributed by atoms with Crippen molar-refractivity contribution >= 4 is 33.2 Å². The molecule has 0 aromatic heterocycles.